The fourth-order valence-electron chi connectivity index (χ4n) is 3.30. The summed E-state index contributed by atoms with van der Waals surface area (Å²) in [7, 11) is 4.01. The quantitative estimate of drug-likeness (QED) is 0.928. The van der Waals surface area contributed by atoms with E-state index in [9.17, 15) is 0 Å². The highest BCUT2D eigenvalue weighted by Crippen LogP contribution is 2.30. The topological polar surface area (TPSA) is 29.9 Å². The molecule has 2 aromatic rings. The van der Waals surface area contributed by atoms with Crippen molar-refractivity contribution >= 4 is 0 Å². The van der Waals surface area contributed by atoms with Crippen LogP contribution in [0.5, 0.6) is 0 Å². The predicted molar refractivity (Wildman–Crippen MR) is 82.8 cm³/mol. The summed E-state index contributed by atoms with van der Waals surface area (Å²) in [5.74, 6) is 0. The molecule has 1 aromatic carbocycles. The van der Waals surface area contributed by atoms with Gasteiger partial charge in [-0.15, -0.1) is 0 Å². The van der Waals surface area contributed by atoms with E-state index < -0.39 is 0 Å². The summed E-state index contributed by atoms with van der Waals surface area (Å²) in [5, 5.41) is 7.83. The molecule has 0 spiro atoms. The number of nitrogens with zero attached hydrogens (tertiary/aromatic N) is 2. The molecule has 0 fully saturated rings. The van der Waals surface area contributed by atoms with Crippen molar-refractivity contribution in [1.29, 1.82) is 0 Å². The van der Waals surface area contributed by atoms with Crippen LogP contribution in [0.4, 0.5) is 0 Å². The summed E-state index contributed by atoms with van der Waals surface area (Å²) in [6.45, 7) is 3.00. The summed E-state index contributed by atoms with van der Waals surface area (Å²) in [6, 6.07) is 6.95. The minimum Gasteiger partial charge on any atom is -0.314 e. The van der Waals surface area contributed by atoms with E-state index in [1.165, 1.54) is 53.6 Å². The standard InChI is InChI=1S/C17H23N3/c1-12-16(11-18-2)19-20(3)17(12)15-9-8-13-6-4-5-7-14(13)10-15/h8-10,18H,4-7,11H2,1-3H3. The van der Waals surface area contributed by atoms with Gasteiger partial charge in [0.25, 0.3) is 0 Å². The number of hydrogen-bond donors (Lipinski definition) is 1. The number of aromatic nitrogens is 2. The van der Waals surface area contributed by atoms with Crippen molar-refractivity contribution in [3.8, 4) is 11.3 Å². The molecule has 3 heteroatoms. The Hall–Kier alpha value is -1.61. The summed E-state index contributed by atoms with van der Waals surface area (Å²) in [6.07, 6.45) is 5.13. The molecule has 0 atom stereocenters. The van der Waals surface area contributed by atoms with Crippen LogP contribution in [0.25, 0.3) is 11.3 Å². The van der Waals surface area contributed by atoms with E-state index in [-0.39, 0.29) is 0 Å². The summed E-state index contributed by atoms with van der Waals surface area (Å²) < 4.78 is 2.02. The number of fused-ring (bicyclic) bond motifs is 1. The molecule has 3 rings (SSSR count). The van der Waals surface area contributed by atoms with Gasteiger partial charge in [0.05, 0.1) is 11.4 Å². The lowest BCUT2D eigenvalue weighted by atomic mass is 9.89. The molecular formula is C17H23N3. The SMILES string of the molecule is CNCc1nn(C)c(-c2ccc3c(c2)CCCC3)c1C. The normalized spacial score (nSPS) is 14.3. The molecule has 1 aliphatic carbocycles. The van der Waals surface area contributed by atoms with Crippen LogP contribution in [-0.2, 0) is 26.4 Å². The van der Waals surface area contributed by atoms with E-state index in [0.717, 1.165) is 12.2 Å². The third kappa shape index (κ3) is 2.27. The third-order valence-corrected chi connectivity index (χ3v) is 4.35. The molecule has 0 saturated carbocycles. The van der Waals surface area contributed by atoms with Gasteiger partial charge in [0, 0.05) is 19.2 Å². The van der Waals surface area contributed by atoms with Gasteiger partial charge in [-0.3, -0.25) is 4.68 Å². The van der Waals surface area contributed by atoms with Crippen LogP contribution in [0.3, 0.4) is 0 Å². The van der Waals surface area contributed by atoms with Crippen molar-refractivity contribution in [1.82, 2.24) is 15.1 Å². The highest BCUT2D eigenvalue weighted by Gasteiger charge is 2.16. The minimum absolute atomic E-state index is 0.824. The van der Waals surface area contributed by atoms with Crippen molar-refractivity contribution in [2.75, 3.05) is 7.05 Å². The number of rotatable bonds is 3. The van der Waals surface area contributed by atoms with Crippen LogP contribution in [0, 0.1) is 6.92 Å². The lowest BCUT2D eigenvalue weighted by molar-refractivity contribution is 0.685. The van der Waals surface area contributed by atoms with Crippen molar-refractivity contribution in [3.63, 3.8) is 0 Å². The molecule has 0 aliphatic heterocycles. The lowest BCUT2D eigenvalue weighted by Gasteiger charge is -2.17. The second-order valence-corrected chi connectivity index (χ2v) is 5.76. The van der Waals surface area contributed by atoms with E-state index >= 15 is 0 Å². The molecule has 0 amide bonds. The van der Waals surface area contributed by atoms with Crippen molar-refractivity contribution < 1.29 is 0 Å². The molecule has 3 nitrogen and oxygen atoms in total. The molecular weight excluding hydrogens is 246 g/mol. The van der Waals surface area contributed by atoms with Crippen LogP contribution in [0.15, 0.2) is 18.2 Å². The summed E-state index contributed by atoms with van der Waals surface area (Å²) in [5.41, 5.74) is 8.06. The van der Waals surface area contributed by atoms with Gasteiger partial charge < -0.3 is 5.32 Å². The Kier molecular flexibility index (Phi) is 3.62. The fraction of sp³-hybridized carbons (Fsp3) is 0.471. The van der Waals surface area contributed by atoms with Gasteiger partial charge in [0.15, 0.2) is 0 Å². The maximum absolute atomic E-state index is 4.64. The fourth-order valence-corrected chi connectivity index (χ4v) is 3.30. The maximum Gasteiger partial charge on any atom is 0.0797 e. The van der Waals surface area contributed by atoms with Crippen LogP contribution < -0.4 is 5.32 Å². The lowest BCUT2D eigenvalue weighted by Crippen LogP contribution is -2.06. The largest absolute Gasteiger partial charge is 0.314 e. The zero-order valence-electron chi connectivity index (χ0n) is 12.7. The first-order valence-corrected chi connectivity index (χ1v) is 7.50. The molecule has 106 valence electrons. The average molecular weight is 269 g/mol. The Morgan fingerprint density at radius 2 is 1.95 bits per heavy atom. The molecule has 0 saturated heterocycles. The van der Waals surface area contributed by atoms with E-state index in [0.29, 0.717) is 0 Å². The van der Waals surface area contributed by atoms with Crippen molar-refractivity contribution in [2.45, 2.75) is 39.2 Å². The Bertz CT molecular complexity index is 625. The zero-order valence-corrected chi connectivity index (χ0v) is 12.7. The second kappa shape index (κ2) is 5.41. The number of aryl methyl sites for hydroxylation is 3. The van der Waals surface area contributed by atoms with Gasteiger partial charge >= 0.3 is 0 Å². The second-order valence-electron chi connectivity index (χ2n) is 5.76. The molecule has 1 heterocycles. The van der Waals surface area contributed by atoms with Crippen LogP contribution >= 0.6 is 0 Å². The molecule has 20 heavy (non-hydrogen) atoms. The van der Waals surface area contributed by atoms with Crippen molar-refractivity contribution in [2.24, 2.45) is 7.05 Å². The van der Waals surface area contributed by atoms with Crippen LogP contribution in [0.2, 0.25) is 0 Å². The van der Waals surface area contributed by atoms with Gasteiger partial charge in [-0.1, -0.05) is 12.1 Å². The molecule has 0 radical (unpaired) electrons. The van der Waals surface area contributed by atoms with Crippen LogP contribution in [0.1, 0.15) is 35.2 Å². The smallest absolute Gasteiger partial charge is 0.0797 e. The maximum atomic E-state index is 4.64. The first-order valence-electron chi connectivity index (χ1n) is 7.50. The van der Waals surface area contributed by atoms with E-state index in [4.69, 9.17) is 0 Å². The zero-order chi connectivity index (χ0) is 14.1. The molecule has 0 unspecified atom stereocenters. The Morgan fingerprint density at radius 3 is 2.70 bits per heavy atom. The number of nitrogens with one attached hydrogen (secondary N) is 1. The summed E-state index contributed by atoms with van der Waals surface area (Å²) in [4.78, 5) is 0. The first kappa shape index (κ1) is 13.4. The third-order valence-electron chi connectivity index (χ3n) is 4.35. The Labute approximate surface area is 121 Å². The molecule has 0 bridgehead atoms. The van der Waals surface area contributed by atoms with E-state index in [1.807, 2.05) is 18.8 Å². The average Bonchev–Trinajstić information content (AvgIpc) is 2.73. The highest BCUT2D eigenvalue weighted by molar-refractivity contribution is 5.66. The Balaban J connectivity index is 2.04. The van der Waals surface area contributed by atoms with Gasteiger partial charge in [-0.25, -0.2) is 0 Å². The number of hydrogen-bond acceptors (Lipinski definition) is 2. The highest BCUT2D eigenvalue weighted by atomic mass is 15.3. The van der Waals surface area contributed by atoms with Gasteiger partial charge in [-0.2, -0.15) is 5.10 Å². The van der Waals surface area contributed by atoms with Gasteiger partial charge in [0.2, 0.25) is 0 Å². The van der Waals surface area contributed by atoms with Gasteiger partial charge in [-0.05, 0) is 62.4 Å². The minimum atomic E-state index is 0.824. The molecule has 1 aliphatic rings. The number of benzene rings is 1. The summed E-state index contributed by atoms with van der Waals surface area (Å²) >= 11 is 0. The van der Waals surface area contributed by atoms with Gasteiger partial charge in [0.1, 0.15) is 0 Å². The van der Waals surface area contributed by atoms with E-state index in [2.05, 4.69) is 35.5 Å². The Morgan fingerprint density at radius 1 is 1.20 bits per heavy atom. The first-order chi connectivity index (χ1) is 9.70. The predicted octanol–water partition coefficient (Wildman–Crippen LogP) is 2.99. The van der Waals surface area contributed by atoms with E-state index in [1.54, 1.807) is 0 Å². The molecule has 1 N–H and O–H groups in total. The molecule has 1 aromatic heterocycles. The van der Waals surface area contributed by atoms with Crippen molar-refractivity contribution in [3.05, 3.63) is 40.6 Å². The monoisotopic (exact) mass is 269 g/mol. The van der Waals surface area contributed by atoms with Crippen LogP contribution in [-0.4, -0.2) is 16.8 Å².